The van der Waals surface area contributed by atoms with Gasteiger partial charge < -0.3 is 4.42 Å². The Labute approximate surface area is 434 Å². The van der Waals surface area contributed by atoms with E-state index in [1.165, 1.54) is 115 Å². The van der Waals surface area contributed by atoms with Crippen molar-refractivity contribution in [1.29, 1.82) is 0 Å². The van der Waals surface area contributed by atoms with E-state index in [1.54, 1.807) is 0 Å². The number of hydrogen-bond acceptors (Lipinski definition) is 1. The van der Waals surface area contributed by atoms with Crippen LogP contribution in [0.4, 0.5) is 0 Å². The van der Waals surface area contributed by atoms with Gasteiger partial charge in [0.1, 0.15) is 11.2 Å². The molecule has 14 aromatic carbocycles. The van der Waals surface area contributed by atoms with Crippen molar-refractivity contribution < 1.29 is 4.42 Å². The van der Waals surface area contributed by atoms with Crippen LogP contribution in [0.1, 0.15) is 0 Å². The van der Waals surface area contributed by atoms with Crippen molar-refractivity contribution in [2.45, 2.75) is 0 Å². The first-order chi connectivity index (χ1) is 37.2. The molecule has 0 aliphatic heterocycles. The lowest BCUT2D eigenvalue weighted by Crippen LogP contribution is -1.91. The summed E-state index contributed by atoms with van der Waals surface area (Å²) in [5, 5.41) is 14.6. The minimum absolute atomic E-state index is 0.910. The van der Waals surface area contributed by atoms with Crippen LogP contribution >= 0.6 is 0 Å². The maximum Gasteiger partial charge on any atom is 0.143 e. The molecule has 15 aromatic rings. The van der Waals surface area contributed by atoms with Gasteiger partial charge in [-0.2, -0.15) is 0 Å². The Morgan fingerprint density at radius 3 is 0.907 bits per heavy atom. The smallest absolute Gasteiger partial charge is 0.143 e. The molecule has 1 heteroatoms. The van der Waals surface area contributed by atoms with Crippen LogP contribution in [0.3, 0.4) is 0 Å². The van der Waals surface area contributed by atoms with Crippen LogP contribution in [-0.2, 0) is 0 Å². The molecule has 0 N–H and O–H groups in total. The molecule has 1 nitrogen and oxygen atoms in total. The van der Waals surface area contributed by atoms with Crippen molar-refractivity contribution in [3.63, 3.8) is 0 Å². The van der Waals surface area contributed by atoms with Crippen molar-refractivity contribution >= 4 is 75.8 Å². The summed E-state index contributed by atoms with van der Waals surface area (Å²) in [6.07, 6.45) is 0. The molecule has 0 atom stereocenters. The molecule has 1 heterocycles. The zero-order valence-corrected chi connectivity index (χ0v) is 41.0. The van der Waals surface area contributed by atoms with Crippen molar-refractivity contribution in [3.8, 4) is 77.9 Å². The molecule has 0 fully saturated rings. The molecule has 0 bridgehead atoms. The summed E-state index contributed by atoms with van der Waals surface area (Å²) in [5.41, 5.74) is 18.6. The van der Waals surface area contributed by atoms with Crippen LogP contribution in [0, 0.1) is 0 Å². The molecule has 75 heavy (non-hydrogen) atoms. The molecule has 0 amide bonds. The summed E-state index contributed by atoms with van der Waals surface area (Å²) in [5.74, 6) is 0. The van der Waals surface area contributed by atoms with Crippen molar-refractivity contribution in [1.82, 2.24) is 0 Å². The highest BCUT2D eigenvalue weighted by atomic mass is 16.3. The first-order valence-corrected chi connectivity index (χ1v) is 25.9. The van der Waals surface area contributed by atoms with Crippen LogP contribution in [0.25, 0.3) is 154 Å². The third-order valence-corrected chi connectivity index (χ3v) is 15.7. The zero-order chi connectivity index (χ0) is 49.4. The predicted molar refractivity (Wildman–Crippen MR) is 319 cm³/mol. The Hall–Kier alpha value is -9.82. The topological polar surface area (TPSA) is 13.1 Å². The number of furan rings is 1. The fourth-order valence-electron chi connectivity index (χ4n) is 12.2. The molecule has 0 aliphatic rings. The van der Waals surface area contributed by atoms with Crippen LogP contribution in [-0.4, -0.2) is 0 Å². The maximum atomic E-state index is 7.00. The molecule has 348 valence electrons. The number of para-hydroxylation sites is 2. The van der Waals surface area contributed by atoms with Crippen LogP contribution in [0.2, 0.25) is 0 Å². The van der Waals surface area contributed by atoms with Gasteiger partial charge in [-0.1, -0.05) is 267 Å². The fourth-order valence-corrected chi connectivity index (χ4v) is 12.2. The largest absolute Gasteiger partial charge is 0.455 e. The number of hydrogen-bond donors (Lipinski definition) is 0. The Balaban J connectivity index is 0.783. The lowest BCUT2D eigenvalue weighted by atomic mass is 9.85. The minimum atomic E-state index is 0.910. The van der Waals surface area contributed by atoms with Gasteiger partial charge in [0.15, 0.2) is 0 Å². The maximum absolute atomic E-state index is 7.00. The van der Waals surface area contributed by atoms with Crippen LogP contribution in [0.15, 0.2) is 283 Å². The van der Waals surface area contributed by atoms with Crippen molar-refractivity contribution in [3.05, 3.63) is 279 Å². The summed E-state index contributed by atoms with van der Waals surface area (Å²) in [7, 11) is 0. The average molecular weight is 951 g/mol. The van der Waals surface area contributed by atoms with E-state index < -0.39 is 0 Å². The number of benzene rings is 14. The molecule has 0 spiro atoms. The average Bonchev–Trinajstić information content (AvgIpc) is 3.88. The number of fused-ring (bicyclic) bond motifs is 8. The number of rotatable bonds is 7. The lowest BCUT2D eigenvalue weighted by Gasteiger charge is -2.18. The van der Waals surface area contributed by atoms with Crippen LogP contribution < -0.4 is 0 Å². The SMILES string of the molecule is c1ccc(-c2c3ccccc3c(-c3ccc(-c4ccc5ccc(-c6ccc(-c7c8ccccc8c(-c8cccc9c8oc8c(-c%10ccccc%10)cccc89)c8ccccc78)cc6)cc5c4)cc3)c3ccccc23)cc1. The third kappa shape index (κ3) is 7.01. The molecule has 0 saturated heterocycles. The lowest BCUT2D eigenvalue weighted by molar-refractivity contribution is 0.671. The highest BCUT2D eigenvalue weighted by Crippen LogP contribution is 2.48. The summed E-state index contributed by atoms with van der Waals surface area (Å²) in [4.78, 5) is 0. The highest BCUT2D eigenvalue weighted by Gasteiger charge is 2.22. The molecule has 15 rings (SSSR count). The summed E-state index contributed by atoms with van der Waals surface area (Å²) >= 11 is 0. The molecular formula is C74H46O. The van der Waals surface area contributed by atoms with E-state index in [4.69, 9.17) is 4.42 Å². The molecule has 1 aromatic heterocycles. The van der Waals surface area contributed by atoms with E-state index in [0.29, 0.717) is 0 Å². The Bertz CT molecular complexity index is 4600. The van der Waals surface area contributed by atoms with Gasteiger partial charge in [0.25, 0.3) is 0 Å². The normalized spacial score (nSPS) is 11.7. The summed E-state index contributed by atoms with van der Waals surface area (Å²) in [6.45, 7) is 0. The van der Waals surface area contributed by atoms with E-state index in [1.807, 2.05) is 0 Å². The van der Waals surface area contributed by atoms with Crippen molar-refractivity contribution in [2.24, 2.45) is 0 Å². The summed E-state index contributed by atoms with van der Waals surface area (Å²) in [6, 6.07) is 102. The molecule has 0 unspecified atom stereocenters. The standard InChI is InChI=1S/C74H46O/c1-3-17-50(18-4-1)57-29-15-30-66-67-31-16-32-68(74(67)75-73(57)66)72-64-27-13-11-25-62(64)71(63-26-12-14-28-65(63)72)53-41-35-48(36-42-53)55-44-38-49-37-43-54(45-56(49)46-55)47-33-39-52(40-34-47)70-60-23-9-7-21-58(60)69(51-19-5-2-6-20-51)59-22-8-10-24-61(59)70/h1-46H. The van der Waals surface area contributed by atoms with Gasteiger partial charge in [-0.05, 0) is 127 Å². The predicted octanol–water partition coefficient (Wildman–Crippen LogP) is 21.0. The van der Waals surface area contributed by atoms with Gasteiger partial charge in [0.2, 0.25) is 0 Å². The van der Waals surface area contributed by atoms with Gasteiger partial charge in [-0.3, -0.25) is 0 Å². The van der Waals surface area contributed by atoms with Crippen LogP contribution in [0.5, 0.6) is 0 Å². The molecule has 0 saturated carbocycles. The Morgan fingerprint density at radius 2 is 0.480 bits per heavy atom. The van der Waals surface area contributed by atoms with E-state index in [-0.39, 0.29) is 0 Å². The molecular weight excluding hydrogens is 905 g/mol. The Morgan fingerprint density at radius 1 is 0.173 bits per heavy atom. The Kier molecular flexibility index (Phi) is 9.96. The van der Waals surface area contributed by atoms with Gasteiger partial charge in [-0.15, -0.1) is 0 Å². The summed E-state index contributed by atoms with van der Waals surface area (Å²) < 4.78 is 7.00. The van der Waals surface area contributed by atoms with E-state index in [0.717, 1.165) is 38.6 Å². The first-order valence-electron chi connectivity index (χ1n) is 25.9. The van der Waals surface area contributed by atoms with Crippen molar-refractivity contribution in [2.75, 3.05) is 0 Å². The fraction of sp³-hybridized carbons (Fsp3) is 0. The van der Waals surface area contributed by atoms with Gasteiger partial charge in [0, 0.05) is 27.5 Å². The van der Waals surface area contributed by atoms with Gasteiger partial charge >= 0.3 is 0 Å². The second-order valence-corrected chi connectivity index (χ2v) is 19.8. The molecule has 0 aliphatic carbocycles. The van der Waals surface area contributed by atoms with Gasteiger partial charge in [0.05, 0.1) is 0 Å². The van der Waals surface area contributed by atoms with E-state index >= 15 is 0 Å². The first kappa shape index (κ1) is 42.8. The third-order valence-electron chi connectivity index (χ3n) is 15.7. The van der Waals surface area contributed by atoms with E-state index in [2.05, 4.69) is 279 Å². The van der Waals surface area contributed by atoms with E-state index in [9.17, 15) is 0 Å². The quantitative estimate of drug-likeness (QED) is 0.145. The van der Waals surface area contributed by atoms with Gasteiger partial charge in [-0.25, -0.2) is 0 Å². The minimum Gasteiger partial charge on any atom is -0.455 e. The highest BCUT2D eigenvalue weighted by molar-refractivity contribution is 6.25. The molecule has 0 radical (unpaired) electrons. The monoisotopic (exact) mass is 950 g/mol. The second kappa shape index (κ2) is 17.4. The zero-order valence-electron chi connectivity index (χ0n) is 41.0. The second-order valence-electron chi connectivity index (χ2n) is 19.8.